The van der Waals surface area contributed by atoms with Crippen LogP contribution in [0.4, 0.5) is 14.5 Å². The first-order valence-electron chi connectivity index (χ1n) is 9.80. The number of rotatable bonds is 11. The number of thioether (sulfide) groups is 1. The largest absolute Gasteiger partial charge is 0.467 e. The first kappa shape index (κ1) is 24.7. The second kappa shape index (κ2) is 12.3. The van der Waals surface area contributed by atoms with Crippen LogP contribution in [0, 0.1) is 0 Å². The van der Waals surface area contributed by atoms with Crippen molar-refractivity contribution in [3.8, 4) is 5.75 Å². The van der Waals surface area contributed by atoms with Crippen molar-refractivity contribution in [2.75, 3.05) is 17.7 Å². The van der Waals surface area contributed by atoms with Crippen LogP contribution in [-0.2, 0) is 20.9 Å². The summed E-state index contributed by atoms with van der Waals surface area (Å²) in [7, 11) is 0. The van der Waals surface area contributed by atoms with Crippen molar-refractivity contribution in [3.05, 3.63) is 72.3 Å². The molecule has 2 heterocycles. The van der Waals surface area contributed by atoms with Gasteiger partial charge in [-0.2, -0.15) is 8.78 Å². The van der Waals surface area contributed by atoms with Gasteiger partial charge in [-0.25, -0.2) is 9.78 Å². The van der Waals surface area contributed by atoms with E-state index < -0.39 is 31.0 Å². The quantitative estimate of drug-likeness (QED) is 0.309. The lowest BCUT2D eigenvalue weighted by atomic mass is 10.3. The Morgan fingerprint density at radius 2 is 1.88 bits per heavy atom. The monoisotopic (exact) mass is 491 g/mol. The fraction of sp³-hybridized carbons (Fsp3) is 0.182. The molecule has 0 aliphatic heterocycles. The van der Waals surface area contributed by atoms with E-state index in [0.717, 1.165) is 11.8 Å². The van der Waals surface area contributed by atoms with E-state index >= 15 is 0 Å². The van der Waals surface area contributed by atoms with E-state index in [0.29, 0.717) is 5.76 Å². The second-order valence-corrected chi connectivity index (χ2v) is 7.46. The Morgan fingerprint density at radius 3 is 2.65 bits per heavy atom. The molecule has 3 rings (SSSR count). The van der Waals surface area contributed by atoms with Crippen LogP contribution in [0.1, 0.15) is 16.1 Å². The molecule has 1 aromatic carbocycles. The van der Waals surface area contributed by atoms with Gasteiger partial charge in [0, 0.05) is 6.20 Å². The SMILES string of the molecule is O=C(COC(=O)c1cccnc1SCC(=O)Nc1ccccc1OC(F)F)NCc1ccco1. The topological polar surface area (TPSA) is 120 Å². The summed E-state index contributed by atoms with van der Waals surface area (Å²) in [5, 5.41) is 5.23. The van der Waals surface area contributed by atoms with Gasteiger partial charge in [-0.1, -0.05) is 23.9 Å². The van der Waals surface area contributed by atoms with Crippen LogP contribution in [0.25, 0.3) is 0 Å². The molecule has 0 saturated carbocycles. The number of anilines is 1. The third kappa shape index (κ3) is 7.59. The normalized spacial score (nSPS) is 10.6. The number of nitrogens with zero attached hydrogens (tertiary/aromatic N) is 1. The standard InChI is InChI=1S/C22H19F2N3O6S/c23-22(24)33-17-8-2-1-7-16(17)27-19(29)13-34-20-15(6-3-9-25-20)21(30)32-12-18(28)26-11-14-5-4-10-31-14/h1-10,22H,11-13H2,(H,26,28)(H,27,29). The predicted molar refractivity (Wildman–Crippen MR) is 118 cm³/mol. The van der Waals surface area contributed by atoms with Gasteiger partial charge in [-0.05, 0) is 36.4 Å². The highest BCUT2D eigenvalue weighted by molar-refractivity contribution is 8.00. The summed E-state index contributed by atoms with van der Waals surface area (Å²) in [4.78, 5) is 40.7. The molecule has 0 fully saturated rings. The Balaban J connectivity index is 1.52. The Hall–Kier alpha value is -3.93. The number of halogens is 2. The lowest BCUT2D eigenvalue weighted by Crippen LogP contribution is -2.28. The molecule has 12 heteroatoms. The molecule has 2 aromatic heterocycles. The highest BCUT2D eigenvalue weighted by atomic mass is 32.2. The molecular formula is C22H19F2N3O6S. The highest BCUT2D eigenvalue weighted by Crippen LogP contribution is 2.26. The molecule has 0 saturated heterocycles. The molecule has 0 radical (unpaired) electrons. The van der Waals surface area contributed by atoms with Gasteiger partial charge in [0.2, 0.25) is 5.91 Å². The van der Waals surface area contributed by atoms with Crippen LogP contribution in [-0.4, -0.2) is 41.7 Å². The predicted octanol–water partition coefficient (Wildman–Crippen LogP) is 3.48. The average Bonchev–Trinajstić information content (AvgIpc) is 3.35. The third-order valence-corrected chi connectivity index (χ3v) is 5.09. The van der Waals surface area contributed by atoms with Crippen LogP contribution in [0.3, 0.4) is 0 Å². The summed E-state index contributed by atoms with van der Waals surface area (Å²) < 4.78 is 39.6. The lowest BCUT2D eigenvalue weighted by Gasteiger charge is -2.12. The summed E-state index contributed by atoms with van der Waals surface area (Å²) in [5.74, 6) is -1.65. The number of hydrogen-bond donors (Lipinski definition) is 2. The first-order valence-corrected chi connectivity index (χ1v) is 10.8. The molecule has 34 heavy (non-hydrogen) atoms. The molecule has 178 valence electrons. The summed E-state index contributed by atoms with van der Waals surface area (Å²) >= 11 is 0.939. The molecule has 0 aliphatic rings. The number of benzene rings is 1. The van der Waals surface area contributed by atoms with Gasteiger partial charge < -0.3 is 24.5 Å². The Labute approximate surface area is 196 Å². The second-order valence-electron chi connectivity index (χ2n) is 6.50. The van der Waals surface area contributed by atoms with Gasteiger partial charge in [0.15, 0.2) is 6.61 Å². The van der Waals surface area contributed by atoms with E-state index in [4.69, 9.17) is 9.15 Å². The number of aromatic nitrogens is 1. The number of ether oxygens (including phenoxy) is 2. The van der Waals surface area contributed by atoms with Crippen molar-refractivity contribution in [2.24, 2.45) is 0 Å². The summed E-state index contributed by atoms with van der Waals surface area (Å²) in [5.41, 5.74) is 0.148. The maximum absolute atomic E-state index is 12.5. The Bertz CT molecular complexity index is 1130. The van der Waals surface area contributed by atoms with E-state index in [2.05, 4.69) is 20.4 Å². The van der Waals surface area contributed by atoms with E-state index in [1.807, 2.05) is 0 Å². The Morgan fingerprint density at radius 1 is 1.06 bits per heavy atom. The van der Waals surface area contributed by atoms with Gasteiger partial charge in [-0.15, -0.1) is 0 Å². The molecule has 2 amide bonds. The van der Waals surface area contributed by atoms with Gasteiger partial charge in [0.1, 0.15) is 16.5 Å². The molecule has 9 nitrogen and oxygen atoms in total. The van der Waals surface area contributed by atoms with Crippen LogP contribution in [0.5, 0.6) is 5.75 Å². The Kier molecular flexibility index (Phi) is 8.97. The van der Waals surface area contributed by atoms with Crippen LogP contribution in [0.2, 0.25) is 0 Å². The number of amides is 2. The minimum absolute atomic E-state index is 0.0700. The smallest absolute Gasteiger partial charge is 0.387 e. The van der Waals surface area contributed by atoms with Gasteiger partial charge in [-0.3, -0.25) is 9.59 Å². The molecule has 0 aliphatic carbocycles. The fourth-order valence-electron chi connectivity index (χ4n) is 2.61. The van der Waals surface area contributed by atoms with Gasteiger partial charge in [0.05, 0.1) is 29.8 Å². The summed E-state index contributed by atoms with van der Waals surface area (Å²) in [6.07, 6.45) is 2.90. The number of nitrogens with one attached hydrogen (secondary N) is 2. The van der Waals surface area contributed by atoms with E-state index in [1.165, 1.54) is 42.8 Å². The van der Waals surface area contributed by atoms with Crippen LogP contribution < -0.4 is 15.4 Å². The van der Waals surface area contributed by atoms with Gasteiger partial charge >= 0.3 is 12.6 Å². The maximum Gasteiger partial charge on any atom is 0.387 e. The number of alkyl halides is 2. The van der Waals surface area contributed by atoms with Crippen molar-refractivity contribution in [1.82, 2.24) is 10.3 Å². The highest BCUT2D eigenvalue weighted by Gasteiger charge is 2.18. The van der Waals surface area contributed by atoms with Crippen molar-refractivity contribution >= 4 is 35.2 Å². The minimum atomic E-state index is -3.04. The number of carbonyl (C=O) groups is 3. The molecule has 2 N–H and O–H groups in total. The maximum atomic E-state index is 12.5. The van der Waals surface area contributed by atoms with Gasteiger partial charge in [0.25, 0.3) is 5.91 Å². The zero-order valence-electron chi connectivity index (χ0n) is 17.5. The molecular weight excluding hydrogens is 472 g/mol. The van der Waals surface area contributed by atoms with Crippen LogP contribution in [0.15, 0.2) is 70.4 Å². The minimum Gasteiger partial charge on any atom is -0.467 e. The molecule has 0 unspecified atom stereocenters. The molecule has 0 atom stereocenters. The van der Waals surface area contributed by atoms with Crippen molar-refractivity contribution in [3.63, 3.8) is 0 Å². The van der Waals surface area contributed by atoms with E-state index in [9.17, 15) is 23.2 Å². The first-order chi connectivity index (χ1) is 16.4. The van der Waals surface area contributed by atoms with E-state index in [-0.39, 0.29) is 34.3 Å². The third-order valence-electron chi connectivity index (χ3n) is 4.08. The number of esters is 1. The van der Waals surface area contributed by atoms with Crippen molar-refractivity contribution in [2.45, 2.75) is 18.2 Å². The number of pyridine rings is 1. The summed E-state index contributed by atoms with van der Waals surface area (Å²) in [6, 6.07) is 12.1. The molecule has 3 aromatic rings. The number of furan rings is 1. The zero-order valence-corrected chi connectivity index (χ0v) is 18.3. The van der Waals surface area contributed by atoms with Crippen molar-refractivity contribution < 1.29 is 37.1 Å². The average molecular weight is 491 g/mol. The number of para-hydroxylation sites is 2. The summed E-state index contributed by atoms with van der Waals surface area (Å²) in [6.45, 7) is -3.40. The fourth-order valence-corrected chi connectivity index (χ4v) is 3.39. The van der Waals surface area contributed by atoms with E-state index in [1.54, 1.807) is 18.2 Å². The number of carbonyl (C=O) groups excluding carboxylic acids is 3. The molecule has 0 bridgehead atoms. The lowest BCUT2D eigenvalue weighted by molar-refractivity contribution is -0.124. The molecule has 0 spiro atoms. The number of hydrogen-bond acceptors (Lipinski definition) is 8. The van der Waals surface area contributed by atoms with Crippen molar-refractivity contribution in [1.29, 1.82) is 0 Å². The zero-order chi connectivity index (χ0) is 24.3. The van der Waals surface area contributed by atoms with Crippen LogP contribution >= 0.6 is 11.8 Å².